The number of hydrogen-bond acceptors (Lipinski definition) is 2. The van der Waals surface area contributed by atoms with Gasteiger partial charge in [0, 0.05) is 26.1 Å². The summed E-state index contributed by atoms with van der Waals surface area (Å²) in [5.74, 6) is 1.65. The van der Waals surface area contributed by atoms with Crippen molar-refractivity contribution in [2.75, 3.05) is 19.6 Å². The van der Waals surface area contributed by atoms with Crippen LogP contribution < -0.4 is 0 Å². The summed E-state index contributed by atoms with van der Waals surface area (Å²) in [6.45, 7) is 4.24. The van der Waals surface area contributed by atoms with Crippen molar-refractivity contribution in [3.05, 3.63) is 48.0 Å². The first-order chi connectivity index (χ1) is 12.8. The van der Waals surface area contributed by atoms with Crippen molar-refractivity contribution < 1.29 is 22.8 Å². The van der Waals surface area contributed by atoms with Crippen molar-refractivity contribution in [1.29, 1.82) is 0 Å². The smallest absolute Gasteiger partial charge is 0.338 e. The molecule has 0 N–H and O–H groups in total. The lowest BCUT2D eigenvalue weighted by atomic mass is 9.95. The Kier molecular flexibility index (Phi) is 6.67. The van der Waals surface area contributed by atoms with Crippen LogP contribution in [0.15, 0.2) is 36.9 Å². The van der Waals surface area contributed by atoms with E-state index in [1.165, 1.54) is 21.9 Å². The largest absolute Gasteiger partial charge is 0.416 e. The third-order valence-corrected chi connectivity index (χ3v) is 4.42. The summed E-state index contributed by atoms with van der Waals surface area (Å²) in [4.78, 5) is 27.8. The molecule has 0 aromatic heterocycles. The van der Waals surface area contributed by atoms with Crippen LogP contribution in [0.3, 0.4) is 0 Å². The maximum atomic E-state index is 12.9. The van der Waals surface area contributed by atoms with Gasteiger partial charge in [-0.3, -0.25) is 9.59 Å². The molecular formula is C20H21F3N2O2. The molecule has 1 aliphatic rings. The first-order valence-corrected chi connectivity index (χ1v) is 8.53. The average Bonchev–Trinajstić information content (AvgIpc) is 2.62. The summed E-state index contributed by atoms with van der Waals surface area (Å²) in [6, 6.07) is 4.87. The molecule has 0 aliphatic carbocycles. The van der Waals surface area contributed by atoms with Crippen LogP contribution in [-0.2, 0) is 22.3 Å². The zero-order chi connectivity index (χ0) is 20.0. The van der Waals surface area contributed by atoms with E-state index < -0.39 is 17.7 Å². The Bertz CT molecular complexity index is 752. The van der Waals surface area contributed by atoms with E-state index >= 15 is 0 Å². The fourth-order valence-electron chi connectivity index (χ4n) is 3.09. The SMILES string of the molecule is C#CCN(CC=C)C(=O)[C@@H]1CCC(=O)N(Cc2cccc(C(F)(F)F)c2)C1. The number of nitrogens with zero attached hydrogens (tertiary/aromatic N) is 2. The monoisotopic (exact) mass is 378 g/mol. The molecule has 144 valence electrons. The topological polar surface area (TPSA) is 40.6 Å². The number of halogens is 3. The van der Waals surface area contributed by atoms with Crippen molar-refractivity contribution >= 4 is 11.8 Å². The third kappa shape index (κ3) is 5.36. The van der Waals surface area contributed by atoms with Gasteiger partial charge in [0.1, 0.15) is 0 Å². The lowest BCUT2D eigenvalue weighted by Crippen LogP contribution is -2.46. The van der Waals surface area contributed by atoms with E-state index in [2.05, 4.69) is 12.5 Å². The highest BCUT2D eigenvalue weighted by molar-refractivity contribution is 5.84. The van der Waals surface area contributed by atoms with Crippen LogP contribution in [0, 0.1) is 18.3 Å². The molecular weight excluding hydrogens is 357 g/mol. The van der Waals surface area contributed by atoms with Gasteiger partial charge in [0.2, 0.25) is 11.8 Å². The van der Waals surface area contributed by atoms with Crippen molar-refractivity contribution in [3.8, 4) is 12.3 Å². The second-order valence-corrected chi connectivity index (χ2v) is 6.42. The zero-order valence-electron chi connectivity index (χ0n) is 14.8. The quantitative estimate of drug-likeness (QED) is 0.564. The van der Waals surface area contributed by atoms with Gasteiger partial charge in [-0.2, -0.15) is 13.2 Å². The highest BCUT2D eigenvalue weighted by Gasteiger charge is 2.33. The lowest BCUT2D eigenvalue weighted by molar-refractivity contribution is -0.142. The van der Waals surface area contributed by atoms with Gasteiger partial charge in [-0.05, 0) is 24.1 Å². The highest BCUT2D eigenvalue weighted by atomic mass is 19.4. The number of rotatable bonds is 6. The molecule has 0 bridgehead atoms. The second-order valence-electron chi connectivity index (χ2n) is 6.42. The number of likely N-dealkylation sites (tertiary alicyclic amines) is 1. The molecule has 27 heavy (non-hydrogen) atoms. The predicted octanol–water partition coefficient (Wildman–Crippen LogP) is 3.09. The number of hydrogen-bond donors (Lipinski definition) is 0. The second kappa shape index (κ2) is 8.76. The molecule has 1 aromatic carbocycles. The highest BCUT2D eigenvalue weighted by Crippen LogP contribution is 2.30. The zero-order valence-corrected chi connectivity index (χ0v) is 14.8. The molecule has 1 heterocycles. The minimum absolute atomic E-state index is 0.0309. The number of carbonyl (C=O) groups excluding carboxylic acids is 2. The van der Waals surface area contributed by atoms with Gasteiger partial charge in [-0.1, -0.05) is 24.1 Å². The average molecular weight is 378 g/mol. The van der Waals surface area contributed by atoms with E-state index in [0.29, 0.717) is 18.5 Å². The number of terminal acetylenes is 1. The van der Waals surface area contributed by atoms with Crippen LogP contribution in [0.5, 0.6) is 0 Å². The Labute approximate surface area is 156 Å². The number of piperidine rings is 1. The third-order valence-electron chi connectivity index (χ3n) is 4.42. The Balaban J connectivity index is 2.11. The lowest BCUT2D eigenvalue weighted by Gasteiger charge is -2.34. The van der Waals surface area contributed by atoms with E-state index in [9.17, 15) is 22.8 Å². The molecule has 4 nitrogen and oxygen atoms in total. The van der Waals surface area contributed by atoms with Crippen LogP contribution in [0.2, 0.25) is 0 Å². The van der Waals surface area contributed by atoms with E-state index in [1.54, 1.807) is 6.08 Å². The van der Waals surface area contributed by atoms with Crippen LogP contribution in [-0.4, -0.2) is 41.2 Å². The predicted molar refractivity (Wildman–Crippen MR) is 95.2 cm³/mol. The Hall–Kier alpha value is -2.75. The molecule has 0 unspecified atom stereocenters. The molecule has 2 rings (SSSR count). The Morgan fingerprint density at radius 2 is 2.19 bits per heavy atom. The molecule has 1 fully saturated rings. The summed E-state index contributed by atoms with van der Waals surface area (Å²) < 4.78 is 38.6. The fourth-order valence-corrected chi connectivity index (χ4v) is 3.09. The number of alkyl halides is 3. The van der Waals surface area contributed by atoms with Gasteiger partial charge in [-0.25, -0.2) is 0 Å². The summed E-state index contributed by atoms with van der Waals surface area (Å²) in [5, 5.41) is 0. The maximum Gasteiger partial charge on any atom is 0.416 e. The van der Waals surface area contributed by atoms with Gasteiger partial charge in [-0.15, -0.1) is 13.0 Å². The molecule has 2 amide bonds. The number of benzene rings is 1. The minimum Gasteiger partial charge on any atom is -0.338 e. The van der Waals surface area contributed by atoms with E-state index in [4.69, 9.17) is 6.42 Å². The fraction of sp³-hybridized carbons (Fsp3) is 0.400. The number of carbonyl (C=O) groups is 2. The van der Waals surface area contributed by atoms with E-state index in [0.717, 1.165) is 12.1 Å². The van der Waals surface area contributed by atoms with Crippen molar-refractivity contribution in [3.63, 3.8) is 0 Å². The van der Waals surface area contributed by atoms with Gasteiger partial charge >= 0.3 is 6.18 Å². The van der Waals surface area contributed by atoms with E-state index in [1.807, 2.05) is 0 Å². The maximum absolute atomic E-state index is 12.9. The standard InChI is InChI=1S/C20H21F3N2O2/c1-3-10-24(11-4-2)19(27)16-8-9-18(26)25(14-16)13-15-6-5-7-17(12-15)20(21,22)23/h1,4-7,12,16H,2,8-11,13-14H2/t16-/m1/s1. The van der Waals surface area contributed by atoms with Gasteiger partial charge in [0.05, 0.1) is 18.0 Å². The molecule has 1 saturated heterocycles. The molecule has 1 atom stereocenters. The van der Waals surface area contributed by atoms with Gasteiger partial charge in [0.25, 0.3) is 0 Å². The number of amides is 2. The Morgan fingerprint density at radius 3 is 2.81 bits per heavy atom. The minimum atomic E-state index is -4.44. The summed E-state index contributed by atoms with van der Waals surface area (Å²) >= 11 is 0. The van der Waals surface area contributed by atoms with Crippen LogP contribution in [0.1, 0.15) is 24.0 Å². The van der Waals surface area contributed by atoms with Crippen LogP contribution in [0.4, 0.5) is 13.2 Å². The van der Waals surface area contributed by atoms with Crippen LogP contribution in [0.25, 0.3) is 0 Å². The van der Waals surface area contributed by atoms with Crippen LogP contribution >= 0.6 is 0 Å². The molecule has 0 spiro atoms. The molecule has 1 aromatic rings. The normalized spacial score (nSPS) is 17.3. The van der Waals surface area contributed by atoms with Crippen molar-refractivity contribution in [2.45, 2.75) is 25.6 Å². The first-order valence-electron chi connectivity index (χ1n) is 8.53. The molecule has 1 aliphatic heterocycles. The van der Waals surface area contributed by atoms with Crippen molar-refractivity contribution in [1.82, 2.24) is 9.80 Å². The van der Waals surface area contributed by atoms with Crippen molar-refractivity contribution in [2.24, 2.45) is 5.92 Å². The summed E-state index contributed by atoms with van der Waals surface area (Å²) in [5.41, 5.74) is -0.388. The van der Waals surface area contributed by atoms with Gasteiger partial charge in [0.15, 0.2) is 0 Å². The summed E-state index contributed by atoms with van der Waals surface area (Å²) in [7, 11) is 0. The summed E-state index contributed by atoms with van der Waals surface area (Å²) in [6.07, 6.45) is 2.99. The van der Waals surface area contributed by atoms with Gasteiger partial charge < -0.3 is 9.80 Å². The first kappa shape index (κ1) is 20.6. The molecule has 7 heteroatoms. The molecule has 0 saturated carbocycles. The van der Waals surface area contributed by atoms with E-state index in [-0.39, 0.29) is 37.9 Å². The Morgan fingerprint density at radius 1 is 1.44 bits per heavy atom. The molecule has 0 radical (unpaired) electrons.